The van der Waals surface area contributed by atoms with E-state index < -0.39 is 0 Å². The number of rotatable bonds is 6. The van der Waals surface area contributed by atoms with Crippen molar-refractivity contribution in [1.82, 2.24) is 9.88 Å². The summed E-state index contributed by atoms with van der Waals surface area (Å²) in [6.45, 7) is 2.18. The Labute approximate surface area is 185 Å². The van der Waals surface area contributed by atoms with Crippen LogP contribution in [0.4, 0.5) is 4.39 Å². The molecule has 0 saturated heterocycles. The summed E-state index contributed by atoms with van der Waals surface area (Å²) in [6, 6.07) is 11.8. The van der Waals surface area contributed by atoms with E-state index >= 15 is 0 Å². The molecule has 1 aliphatic rings. The fourth-order valence-corrected chi connectivity index (χ4v) is 4.45. The maximum absolute atomic E-state index is 14.0. The topological polar surface area (TPSA) is 60.3 Å². The highest BCUT2D eigenvalue weighted by Crippen LogP contribution is 2.33. The van der Waals surface area contributed by atoms with Crippen LogP contribution < -0.4 is 5.32 Å². The van der Waals surface area contributed by atoms with Gasteiger partial charge < -0.3 is 14.6 Å². The zero-order valence-corrected chi connectivity index (χ0v) is 18.0. The zero-order chi connectivity index (χ0) is 22.0. The lowest BCUT2D eigenvalue weighted by atomic mass is 9.91. The van der Waals surface area contributed by atoms with Gasteiger partial charge in [0.05, 0.1) is 13.0 Å². The molecule has 1 amide bonds. The van der Waals surface area contributed by atoms with E-state index in [4.69, 9.17) is 16.3 Å². The average molecular weight is 443 g/mol. The molecule has 2 aromatic carbocycles. The molecule has 1 heterocycles. The number of nitrogens with zero attached hydrogens (tertiary/aromatic N) is 1. The molecule has 5 nitrogen and oxygen atoms in total. The number of carbonyl (C=O) groups is 2. The number of hydrogen-bond donors (Lipinski definition) is 1. The molecule has 0 unspecified atom stereocenters. The van der Waals surface area contributed by atoms with Crippen LogP contribution >= 0.6 is 11.6 Å². The normalized spacial score (nSPS) is 15.5. The van der Waals surface area contributed by atoms with Crippen LogP contribution in [0.25, 0.3) is 10.9 Å². The van der Waals surface area contributed by atoms with Crippen LogP contribution in [0.15, 0.2) is 42.5 Å². The lowest BCUT2D eigenvalue weighted by molar-refractivity contribution is -0.143. The van der Waals surface area contributed by atoms with Gasteiger partial charge in [0.1, 0.15) is 12.4 Å². The number of benzene rings is 2. The number of fused-ring (bicyclic) bond motifs is 3. The van der Waals surface area contributed by atoms with E-state index in [9.17, 15) is 14.0 Å². The van der Waals surface area contributed by atoms with Crippen molar-refractivity contribution < 1.29 is 18.7 Å². The second-order valence-electron chi connectivity index (χ2n) is 7.79. The number of amides is 1. The minimum Gasteiger partial charge on any atom is -0.465 e. The van der Waals surface area contributed by atoms with Crippen molar-refractivity contribution in [1.29, 1.82) is 0 Å². The first-order valence-corrected chi connectivity index (χ1v) is 10.8. The van der Waals surface area contributed by atoms with Gasteiger partial charge in [0.25, 0.3) is 0 Å². The lowest BCUT2D eigenvalue weighted by Crippen LogP contribution is -2.39. The van der Waals surface area contributed by atoms with Gasteiger partial charge in [0.2, 0.25) is 5.91 Å². The van der Waals surface area contributed by atoms with Gasteiger partial charge in [-0.1, -0.05) is 23.7 Å². The first-order valence-electron chi connectivity index (χ1n) is 10.4. The van der Waals surface area contributed by atoms with Gasteiger partial charge >= 0.3 is 5.97 Å². The maximum atomic E-state index is 14.0. The average Bonchev–Trinajstić information content (AvgIpc) is 3.02. The summed E-state index contributed by atoms with van der Waals surface area (Å²) < 4.78 is 21.0. The molecule has 1 aliphatic carbocycles. The quantitative estimate of drug-likeness (QED) is 0.582. The Hall–Kier alpha value is -2.86. The second kappa shape index (κ2) is 9.10. The van der Waals surface area contributed by atoms with Crippen LogP contribution in [0.3, 0.4) is 0 Å². The summed E-state index contributed by atoms with van der Waals surface area (Å²) in [5.41, 5.74) is 3.71. The minimum atomic E-state index is -0.322. The summed E-state index contributed by atoms with van der Waals surface area (Å²) in [5, 5.41) is 4.53. The third kappa shape index (κ3) is 4.74. The van der Waals surface area contributed by atoms with E-state index in [1.807, 2.05) is 16.7 Å². The third-order valence-electron chi connectivity index (χ3n) is 5.66. The monoisotopic (exact) mass is 442 g/mol. The Morgan fingerprint density at radius 2 is 2.00 bits per heavy atom. The standard InChI is InChI=1S/C24H24ClFN2O3/c1-2-31-24(30)14-28-21-9-7-17(26)12-19(21)20-13-18(8-10-22(20)28)27-23(29)11-15-3-5-16(25)6-4-15/h3-7,9,12,18H,2,8,10-11,13-14H2,1H3,(H,27,29)/t18-/m1/s1. The van der Waals surface area contributed by atoms with Crippen LogP contribution in [-0.2, 0) is 40.1 Å². The Balaban J connectivity index is 1.54. The predicted octanol–water partition coefficient (Wildman–Crippen LogP) is 4.21. The first-order chi connectivity index (χ1) is 14.9. The molecular weight excluding hydrogens is 419 g/mol. The first kappa shape index (κ1) is 21.4. The Morgan fingerprint density at radius 1 is 1.23 bits per heavy atom. The Kier molecular flexibility index (Phi) is 6.28. The third-order valence-corrected chi connectivity index (χ3v) is 5.92. The molecule has 0 spiro atoms. The number of nitrogens with one attached hydrogen (secondary N) is 1. The smallest absolute Gasteiger partial charge is 0.325 e. The van der Waals surface area contributed by atoms with Gasteiger partial charge in [-0.3, -0.25) is 9.59 Å². The van der Waals surface area contributed by atoms with Gasteiger partial charge in [0.15, 0.2) is 0 Å². The van der Waals surface area contributed by atoms with Crippen molar-refractivity contribution in [3.05, 3.63) is 70.1 Å². The molecule has 0 bridgehead atoms. The van der Waals surface area contributed by atoms with Crippen molar-refractivity contribution in [2.45, 2.75) is 45.2 Å². The number of hydrogen-bond acceptors (Lipinski definition) is 3. The SMILES string of the molecule is CCOC(=O)Cn1c2c(c3cc(F)ccc31)C[C@H](NC(=O)Cc1ccc(Cl)cc1)CC2. The highest BCUT2D eigenvalue weighted by molar-refractivity contribution is 6.30. The fraction of sp³-hybridized carbons (Fsp3) is 0.333. The van der Waals surface area contributed by atoms with Gasteiger partial charge in [0, 0.05) is 27.7 Å². The molecule has 0 aliphatic heterocycles. The molecule has 1 N–H and O–H groups in total. The lowest BCUT2D eigenvalue weighted by Gasteiger charge is -2.25. The van der Waals surface area contributed by atoms with Crippen molar-refractivity contribution in [2.24, 2.45) is 0 Å². The van der Waals surface area contributed by atoms with E-state index in [0.29, 0.717) is 24.5 Å². The Morgan fingerprint density at radius 3 is 2.74 bits per heavy atom. The minimum absolute atomic E-state index is 0.0442. The summed E-state index contributed by atoms with van der Waals surface area (Å²) in [6.07, 6.45) is 2.31. The van der Waals surface area contributed by atoms with Crippen LogP contribution in [0.5, 0.6) is 0 Å². The number of aromatic nitrogens is 1. The van der Waals surface area contributed by atoms with Gasteiger partial charge in [-0.05, 0) is 67.6 Å². The molecule has 3 aromatic rings. The molecule has 0 radical (unpaired) electrons. The molecule has 31 heavy (non-hydrogen) atoms. The summed E-state index contributed by atoms with van der Waals surface area (Å²) in [7, 11) is 0. The molecule has 0 saturated carbocycles. The summed E-state index contributed by atoms with van der Waals surface area (Å²) in [5.74, 6) is -0.695. The highest BCUT2D eigenvalue weighted by Gasteiger charge is 2.27. The van der Waals surface area contributed by atoms with Crippen molar-refractivity contribution in [3.63, 3.8) is 0 Å². The molecule has 1 atom stereocenters. The van der Waals surface area contributed by atoms with Gasteiger partial charge in [-0.25, -0.2) is 4.39 Å². The van der Waals surface area contributed by atoms with Crippen LogP contribution in [0.1, 0.15) is 30.2 Å². The number of halogens is 2. The van der Waals surface area contributed by atoms with Crippen molar-refractivity contribution in [2.75, 3.05) is 6.61 Å². The van der Waals surface area contributed by atoms with Gasteiger partial charge in [-0.15, -0.1) is 0 Å². The van der Waals surface area contributed by atoms with E-state index in [-0.39, 0.29) is 36.7 Å². The van der Waals surface area contributed by atoms with E-state index in [1.54, 1.807) is 25.1 Å². The molecule has 0 fully saturated rings. The number of ether oxygens (including phenoxy) is 1. The highest BCUT2D eigenvalue weighted by atomic mass is 35.5. The van der Waals surface area contributed by atoms with Crippen LogP contribution in [0.2, 0.25) is 5.02 Å². The molecule has 1 aromatic heterocycles. The summed E-state index contributed by atoms with van der Waals surface area (Å²) >= 11 is 5.90. The van der Waals surface area contributed by atoms with Crippen LogP contribution in [0, 0.1) is 5.82 Å². The molecular formula is C24H24ClFN2O3. The number of carbonyl (C=O) groups excluding carboxylic acids is 2. The molecule has 7 heteroatoms. The number of esters is 1. The fourth-order valence-electron chi connectivity index (χ4n) is 4.33. The van der Waals surface area contributed by atoms with Gasteiger partial charge in [-0.2, -0.15) is 0 Å². The Bertz CT molecular complexity index is 1120. The van der Waals surface area contributed by atoms with E-state index in [2.05, 4.69) is 5.32 Å². The van der Waals surface area contributed by atoms with Crippen LogP contribution in [-0.4, -0.2) is 29.1 Å². The largest absolute Gasteiger partial charge is 0.465 e. The second-order valence-corrected chi connectivity index (χ2v) is 8.22. The van der Waals surface area contributed by atoms with E-state index in [1.165, 1.54) is 12.1 Å². The van der Waals surface area contributed by atoms with Crippen molar-refractivity contribution >= 4 is 34.4 Å². The predicted molar refractivity (Wildman–Crippen MR) is 118 cm³/mol. The van der Waals surface area contributed by atoms with Crippen molar-refractivity contribution in [3.8, 4) is 0 Å². The summed E-state index contributed by atoms with van der Waals surface area (Å²) in [4.78, 5) is 24.7. The molecule has 4 rings (SSSR count). The maximum Gasteiger partial charge on any atom is 0.325 e. The molecule has 162 valence electrons. The van der Waals surface area contributed by atoms with E-state index in [0.717, 1.165) is 34.1 Å². The zero-order valence-electron chi connectivity index (χ0n) is 17.3.